The largest absolute Gasteiger partial charge is 0.417 e. The van der Waals surface area contributed by atoms with Crippen molar-refractivity contribution in [2.24, 2.45) is 5.92 Å². The quantitative estimate of drug-likeness (QED) is 0.699. The van der Waals surface area contributed by atoms with Gasteiger partial charge in [-0.25, -0.2) is 13.2 Å². The summed E-state index contributed by atoms with van der Waals surface area (Å²) in [6.07, 6.45) is 2.62. The lowest BCUT2D eigenvalue weighted by Gasteiger charge is -2.18. The number of hydrogen-bond acceptors (Lipinski definition) is 5. The van der Waals surface area contributed by atoms with Crippen molar-refractivity contribution in [1.82, 2.24) is 4.98 Å². The first-order chi connectivity index (χ1) is 13.4. The van der Waals surface area contributed by atoms with Gasteiger partial charge in [0.05, 0.1) is 16.1 Å². The second-order valence-corrected chi connectivity index (χ2v) is 8.82. The molecule has 1 aliphatic carbocycles. The van der Waals surface area contributed by atoms with Gasteiger partial charge in [-0.3, -0.25) is 14.5 Å². The topological polar surface area (TPSA) is 112 Å². The molecular weight excluding hydrogens is 382 g/mol. The maximum atomic E-state index is 12.8. The van der Waals surface area contributed by atoms with Crippen molar-refractivity contribution in [3.63, 3.8) is 0 Å². The third-order valence-corrected chi connectivity index (χ3v) is 6.51. The van der Waals surface area contributed by atoms with E-state index in [1.807, 2.05) is 6.07 Å². The predicted molar refractivity (Wildman–Crippen MR) is 103 cm³/mol. The van der Waals surface area contributed by atoms with Crippen molar-refractivity contribution >= 4 is 38.4 Å². The minimum atomic E-state index is -3.87. The SMILES string of the molecule is O=C(C1CC1)N1CCc2ccc(NS(=O)(=O)c3ccc4oc(=O)[nH]c4c3)cc21. The lowest BCUT2D eigenvalue weighted by molar-refractivity contribution is -0.119. The van der Waals surface area contributed by atoms with E-state index in [0.29, 0.717) is 17.7 Å². The number of rotatable bonds is 4. The van der Waals surface area contributed by atoms with E-state index in [-0.39, 0.29) is 22.3 Å². The monoisotopic (exact) mass is 399 g/mol. The highest BCUT2D eigenvalue weighted by Gasteiger charge is 2.36. The number of H-pyrrole nitrogens is 1. The summed E-state index contributed by atoms with van der Waals surface area (Å²) in [6.45, 7) is 0.630. The molecule has 0 spiro atoms. The molecule has 1 aromatic heterocycles. The number of aromatic nitrogens is 1. The summed E-state index contributed by atoms with van der Waals surface area (Å²) in [5, 5.41) is 0. The van der Waals surface area contributed by atoms with Gasteiger partial charge in [0.2, 0.25) is 5.91 Å². The van der Waals surface area contributed by atoms with Crippen LogP contribution in [0.4, 0.5) is 11.4 Å². The Morgan fingerprint density at radius 2 is 2.00 bits per heavy atom. The minimum absolute atomic E-state index is 0.00320. The number of oxazole rings is 1. The van der Waals surface area contributed by atoms with Crippen LogP contribution in [0.5, 0.6) is 0 Å². The number of fused-ring (bicyclic) bond motifs is 2. The van der Waals surface area contributed by atoms with Crippen LogP contribution in [0.2, 0.25) is 0 Å². The van der Waals surface area contributed by atoms with Crippen LogP contribution in [-0.4, -0.2) is 25.9 Å². The molecule has 144 valence electrons. The van der Waals surface area contributed by atoms with E-state index >= 15 is 0 Å². The molecule has 28 heavy (non-hydrogen) atoms. The highest BCUT2D eigenvalue weighted by molar-refractivity contribution is 7.92. The number of sulfonamides is 1. The lowest BCUT2D eigenvalue weighted by Crippen LogP contribution is -2.30. The van der Waals surface area contributed by atoms with Crippen LogP contribution in [0.15, 0.2) is 50.5 Å². The Morgan fingerprint density at radius 3 is 2.79 bits per heavy atom. The molecule has 3 aromatic rings. The van der Waals surface area contributed by atoms with Crippen LogP contribution in [-0.2, 0) is 21.2 Å². The average Bonchev–Trinajstić information content (AvgIpc) is 3.31. The lowest BCUT2D eigenvalue weighted by atomic mass is 10.1. The summed E-state index contributed by atoms with van der Waals surface area (Å²) in [5.74, 6) is -0.417. The molecule has 0 unspecified atom stereocenters. The highest BCUT2D eigenvalue weighted by Crippen LogP contribution is 2.37. The Labute approximate surface area is 160 Å². The Balaban J connectivity index is 1.45. The highest BCUT2D eigenvalue weighted by atomic mass is 32.2. The van der Waals surface area contributed by atoms with Gasteiger partial charge in [0.1, 0.15) is 0 Å². The molecule has 2 aromatic carbocycles. The Hall–Kier alpha value is -3.07. The standard InChI is InChI=1S/C19H17N3O5S/c23-18(12-1-2-12)22-8-7-11-3-4-13(9-16(11)22)21-28(25,26)14-5-6-17-15(10-14)20-19(24)27-17/h3-6,9-10,12,21H,1-2,7-8H2,(H,20,24). The fraction of sp³-hybridized carbons (Fsp3) is 0.263. The van der Waals surface area contributed by atoms with Crippen molar-refractivity contribution < 1.29 is 17.6 Å². The number of carbonyl (C=O) groups excluding carboxylic acids is 1. The molecule has 0 bridgehead atoms. The molecule has 9 heteroatoms. The van der Waals surface area contributed by atoms with Crippen LogP contribution in [0, 0.1) is 5.92 Å². The summed E-state index contributed by atoms with van der Waals surface area (Å²) >= 11 is 0. The van der Waals surface area contributed by atoms with Crippen LogP contribution in [0.3, 0.4) is 0 Å². The Kier molecular flexibility index (Phi) is 3.63. The van der Waals surface area contributed by atoms with Crippen LogP contribution >= 0.6 is 0 Å². The molecule has 2 N–H and O–H groups in total. The molecule has 1 saturated carbocycles. The van der Waals surface area contributed by atoms with Gasteiger partial charge in [-0.1, -0.05) is 6.07 Å². The van der Waals surface area contributed by atoms with Crippen molar-refractivity contribution in [2.75, 3.05) is 16.2 Å². The molecule has 0 radical (unpaired) electrons. The van der Waals surface area contributed by atoms with Gasteiger partial charge in [-0.05, 0) is 55.2 Å². The maximum Gasteiger partial charge on any atom is 0.417 e. The Morgan fingerprint density at radius 1 is 1.18 bits per heavy atom. The number of hydrogen-bond donors (Lipinski definition) is 2. The molecule has 1 amide bonds. The zero-order chi connectivity index (χ0) is 19.5. The van der Waals surface area contributed by atoms with Crippen molar-refractivity contribution in [3.8, 4) is 0 Å². The third kappa shape index (κ3) is 2.88. The number of benzene rings is 2. The van der Waals surface area contributed by atoms with Crippen LogP contribution < -0.4 is 15.4 Å². The summed E-state index contributed by atoms with van der Waals surface area (Å²) in [6, 6.07) is 9.40. The maximum absolute atomic E-state index is 12.8. The summed E-state index contributed by atoms with van der Waals surface area (Å²) in [5.41, 5.74) is 2.79. The summed E-state index contributed by atoms with van der Waals surface area (Å²) in [7, 11) is -3.87. The molecule has 0 saturated heterocycles. The molecule has 5 rings (SSSR count). The molecule has 2 heterocycles. The predicted octanol–water partition coefficient (Wildman–Crippen LogP) is 2.22. The fourth-order valence-electron chi connectivity index (χ4n) is 3.53. The van der Waals surface area contributed by atoms with E-state index in [2.05, 4.69) is 9.71 Å². The number of nitrogens with one attached hydrogen (secondary N) is 2. The number of anilines is 2. The van der Waals surface area contributed by atoms with E-state index in [4.69, 9.17) is 4.42 Å². The van der Waals surface area contributed by atoms with Gasteiger partial charge in [-0.2, -0.15) is 0 Å². The average molecular weight is 399 g/mol. The molecule has 1 aliphatic heterocycles. The summed E-state index contributed by atoms with van der Waals surface area (Å²) in [4.78, 5) is 27.9. The van der Waals surface area contributed by atoms with E-state index in [9.17, 15) is 18.0 Å². The van der Waals surface area contributed by atoms with E-state index in [0.717, 1.165) is 30.5 Å². The number of carbonyl (C=O) groups is 1. The van der Waals surface area contributed by atoms with Gasteiger partial charge in [0, 0.05) is 18.2 Å². The van der Waals surface area contributed by atoms with Crippen LogP contribution in [0.25, 0.3) is 11.1 Å². The first-order valence-corrected chi connectivity index (χ1v) is 10.5. The third-order valence-electron chi connectivity index (χ3n) is 5.13. The molecule has 0 atom stereocenters. The van der Waals surface area contributed by atoms with Gasteiger partial charge in [0.15, 0.2) is 5.58 Å². The number of amides is 1. The normalized spacial score (nSPS) is 16.4. The zero-order valence-electron chi connectivity index (χ0n) is 14.8. The van der Waals surface area contributed by atoms with Crippen molar-refractivity contribution in [1.29, 1.82) is 0 Å². The van der Waals surface area contributed by atoms with E-state index in [1.165, 1.54) is 18.2 Å². The van der Waals surface area contributed by atoms with E-state index in [1.54, 1.807) is 17.0 Å². The van der Waals surface area contributed by atoms with Gasteiger partial charge in [0.25, 0.3) is 10.0 Å². The Bertz CT molecular complexity index is 1270. The van der Waals surface area contributed by atoms with E-state index < -0.39 is 15.8 Å². The number of aromatic amines is 1. The second kappa shape index (κ2) is 5.96. The van der Waals surface area contributed by atoms with Crippen molar-refractivity contribution in [3.05, 3.63) is 52.5 Å². The number of nitrogens with zero attached hydrogens (tertiary/aromatic N) is 1. The second-order valence-electron chi connectivity index (χ2n) is 7.14. The minimum Gasteiger partial charge on any atom is -0.408 e. The molecule has 1 fully saturated rings. The summed E-state index contributed by atoms with van der Waals surface area (Å²) < 4.78 is 33.0. The van der Waals surface area contributed by atoms with Crippen LogP contribution in [0.1, 0.15) is 18.4 Å². The smallest absolute Gasteiger partial charge is 0.408 e. The first kappa shape index (κ1) is 17.1. The molecule has 8 nitrogen and oxygen atoms in total. The zero-order valence-corrected chi connectivity index (χ0v) is 15.6. The van der Waals surface area contributed by atoms with Gasteiger partial charge < -0.3 is 9.32 Å². The first-order valence-electron chi connectivity index (χ1n) is 9.01. The van der Waals surface area contributed by atoms with Gasteiger partial charge >= 0.3 is 5.76 Å². The molecular formula is C19H17N3O5S. The van der Waals surface area contributed by atoms with Crippen molar-refractivity contribution in [2.45, 2.75) is 24.2 Å². The fourth-order valence-corrected chi connectivity index (χ4v) is 4.61. The van der Waals surface area contributed by atoms with Gasteiger partial charge in [-0.15, -0.1) is 0 Å². The molecule has 2 aliphatic rings.